The summed E-state index contributed by atoms with van der Waals surface area (Å²) in [7, 11) is 0. The number of aromatic nitrogens is 2. The SMILES string of the molecule is Cc1cccc(Oc2nc3ccccn3c(=O)c2C=C(C#N)C(=O)N2CCOCC2)c1. The van der Waals surface area contributed by atoms with Gasteiger partial charge in [0, 0.05) is 19.3 Å². The van der Waals surface area contributed by atoms with Crippen LogP contribution in [0.25, 0.3) is 11.7 Å². The number of nitriles is 1. The highest BCUT2D eigenvalue weighted by Crippen LogP contribution is 2.25. The number of aryl methyl sites for hydroxylation is 1. The Morgan fingerprint density at radius 3 is 2.77 bits per heavy atom. The maximum atomic E-state index is 13.2. The van der Waals surface area contributed by atoms with Crippen LogP contribution in [0.4, 0.5) is 0 Å². The van der Waals surface area contributed by atoms with E-state index in [2.05, 4.69) is 4.98 Å². The van der Waals surface area contributed by atoms with Crippen molar-refractivity contribution in [2.24, 2.45) is 0 Å². The summed E-state index contributed by atoms with van der Waals surface area (Å²) in [6.07, 6.45) is 2.84. The van der Waals surface area contributed by atoms with Gasteiger partial charge in [0.2, 0.25) is 5.88 Å². The van der Waals surface area contributed by atoms with Crippen LogP contribution in [0.3, 0.4) is 0 Å². The number of fused-ring (bicyclic) bond motifs is 1. The summed E-state index contributed by atoms with van der Waals surface area (Å²) >= 11 is 0. The highest BCUT2D eigenvalue weighted by molar-refractivity contribution is 6.02. The molecule has 3 heterocycles. The number of carbonyl (C=O) groups is 1. The normalized spacial score (nSPS) is 14.3. The monoisotopic (exact) mass is 416 g/mol. The second-order valence-electron chi connectivity index (χ2n) is 7.06. The standard InChI is InChI=1S/C23H20N4O4/c1-16-5-4-6-18(13-16)31-21-19(23(29)27-8-3-2-7-20(27)25-21)14-17(15-24)22(28)26-9-11-30-12-10-26/h2-8,13-14H,9-12H2,1H3. The third kappa shape index (κ3) is 4.32. The molecule has 0 aliphatic carbocycles. The van der Waals surface area contributed by atoms with Gasteiger partial charge in [0.25, 0.3) is 11.5 Å². The molecule has 0 spiro atoms. The van der Waals surface area contributed by atoms with Crippen LogP contribution in [-0.4, -0.2) is 46.5 Å². The van der Waals surface area contributed by atoms with Gasteiger partial charge >= 0.3 is 0 Å². The van der Waals surface area contributed by atoms with Crippen molar-refractivity contribution in [3.8, 4) is 17.7 Å². The maximum Gasteiger partial charge on any atom is 0.269 e. The Labute approximate surface area is 178 Å². The minimum Gasteiger partial charge on any atom is -0.438 e. The van der Waals surface area contributed by atoms with Crippen molar-refractivity contribution in [1.82, 2.24) is 14.3 Å². The zero-order chi connectivity index (χ0) is 21.8. The van der Waals surface area contributed by atoms with E-state index in [1.165, 1.54) is 15.4 Å². The molecule has 0 N–H and O–H groups in total. The number of benzene rings is 1. The first-order chi connectivity index (χ1) is 15.1. The number of carbonyl (C=O) groups excluding carboxylic acids is 1. The van der Waals surface area contributed by atoms with E-state index in [1.807, 2.05) is 31.2 Å². The van der Waals surface area contributed by atoms with Crippen molar-refractivity contribution < 1.29 is 14.3 Å². The second kappa shape index (κ2) is 8.81. The van der Waals surface area contributed by atoms with Gasteiger partial charge in [-0.15, -0.1) is 0 Å². The fourth-order valence-electron chi connectivity index (χ4n) is 3.30. The average molecular weight is 416 g/mol. The lowest BCUT2D eigenvalue weighted by Gasteiger charge is -2.26. The van der Waals surface area contributed by atoms with Crippen LogP contribution in [0.2, 0.25) is 0 Å². The Morgan fingerprint density at radius 1 is 1.23 bits per heavy atom. The molecule has 0 bridgehead atoms. The Hall–Kier alpha value is -3.96. The molecule has 1 aliphatic rings. The summed E-state index contributed by atoms with van der Waals surface area (Å²) in [5.74, 6) is 0.0778. The van der Waals surface area contributed by atoms with E-state index < -0.39 is 11.5 Å². The molecule has 31 heavy (non-hydrogen) atoms. The number of amides is 1. The third-order valence-corrected chi connectivity index (χ3v) is 4.88. The summed E-state index contributed by atoms with van der Waals surface area (Å²) in [5.41, 5.74) is 0.808. The molecule has 1 aromatic carbocycles. The minimum atomic E-state index is -0.454. The molecule has 8 heteroatoms. The summed E-state index contributed by atoms with van der Waals surface area (Å²) in [6.45, 7) is 3.52. The molecule has 4 rings (SSSR count). The molecule has 0 unspecified atom stereocenters. The summed E-state index contributed by atoms with van der Waals surface area (Å²) in [5, 5.41) is 9.64. The van der Waals surface area contributed by atoms with Crippen molar-refractivity contribution >= 4 is 17.6 Å². The lowest BCUT2D eigenvalue weighted by atomic mass is 10.1. The maximum absolute atomic E-state index is 13.2. The Balaban J connectivity index is 1.83. The fraction of sp³-hybridized carbons (Fsp3) is 0.217. The first kappa shape index (κ1) is 20.3. The number of morpholine rings is 1. The highest BCUT2D eigenvalue weighted by Gasteiger charge is 2.23. The molecule has 0 saturated carbocycles. The van der Waals surface area contributed by atoms with Crippen molar-refractivity contribution in [1.29, 1.82) is 5.26 Å². The van der Waals surface area contributed by atoms with Gasteiger partial charge in [-0.1, -0.05) is 18.2 Å². The van der Waals surface area contributed by atoms with Crippen LogP contribution in [0.1, 0.15) is 11.1 Å². The molecule has 156 valence electrons. The predicted octanol–water partition coefficient (Wildman–Crippen LogP) is 2.56. The van der Waals surface area contributed by atoms with Crippen LogP contribution in [0.15, 0.2) is 59.0 Å². The van der Waals surface area contributed by atoms with Crippen LogP contribution in [0, 0.1) is 18.3 Å². The molecule has 1 saturated heterocycles. The van der Waals surface area contributed by atoms with Crippen LogP contribution >= 0.6 is 0 Å². The van der Waals surface area contributed by atoms with E-state index in [1.54, 1.807) is 30.5 Å². The van der Waals surface area contributed by atoms with Crippen LogP contribution in [-0.2, 0) is 9.53 Å². The fourth-order valence-corrected chi connectivity index (χ4v) is 3.30. The molecule has 2 aromatic heterocycles. The third-order valence-electron chi connectivity index (χ3n) is 4.88. The van der Waals surface area contributed by atoms with Crippen LogP contribution in [0.5, 0.6) is 11.6 Å². The molecule has 0 atom stereocenters. The van der Waals surface area contributed by atoms with Crippen molar-refractivity contribution in [3.63, 3.8) is 0 Å². The van der Waals surface area contributed by atoms with Gasteiger partial charge < -0.3 is 14.4 Å². The summed E-state index contributed by atoms with van der Waals surface area (Å²) in [4.78, 5) is 32.0. The second-order valence-corrected chi connectivity index (χ2v) is 7.06. The Morgan fingerprint density at radius 2 is 2.03 bits per heavy atom. The van der Waals surface area contributed by atoms with E-state index >= 15 is 0 Å². The smallest absolute Gasteiger partial charge is 0.269 e. The van der Waals surface area contributed by atoms with E-state index in [-0.39, 0.29) is 17.0 Å². The summed E-state index contributed by atoms with van der Waals surface area (Å²) in [6, 6.07) is 14.4. The van der Waals surface area contributed by atoms with Crippen molar-refractivity contribution in [3.05, 3.63) is 75.7 Å². The molecular formula is C23H20N4O4. The van der Waals surface area contributed by atoms with Crippen molar-refractivity contribution in [2.45, 2.75) is 6.92 Å². The number of ether oxygens (including phenoxy) is 2. The van der Waals surface area contributed by atoms with Crippen molar-refractivity contribution in [2.75, 3.05) is 26.3 Å². The van der Waals surface area contributed by atoms with Gasteiger partial charge in [-0.3, -0.25) is 14.0 Å². The molecule has 1 fully saturated rings. The Kier molecular flexibility index (Phi) is 5.78. The number of hydrogen-bond acceptors (Lipinski definition) is 6. The number of nitrogens with zero attached hydrogens (tertiary/aromatic N) is 4. The van der Waals surface area contributed by atoms with E-state index in [9.17, 15) is 14.9 Å². The first-order valence-electron chi connectivity index (χ1n) is 9.81. The van der Waals surface area contributed by atoms with Gasteiger partial charge in [0.15, 0.2) is 0 Å². The zero-order valence-electron chi connectivity index (χ0n) is 16.9. The lowest BCUT2D eigenvalue weighted by molar-refractivity contribution is -0.130. The van der Waals surface area contributed by atoms with Gasteiger partial charge in [-0.25, -0.2) is 0 Å². The summed E-state index contributed by atoms with van der Waals surface area (Å²) < 4.78 is 12.5. The zero-order valence-corrected chi connectivity index (χ0v) is 16.9. The van der Waals surface area contributed by atoms with E-state index in [4.69, 9.17) is 9.47 Å². The largest absolute Gasteiger partial charge is 0.438 e. The first-order valence-corrected chi connectivity index (χ1v) is 9.81. The molecule has 3 aromatic rings. The highest BCUT2D eigenvalue weighted by atomic mass is 16.5. The van der Waals surface area contributed by atoms with Gasteiger partial charge in [0.05, 0.1) is 13.2 Å². The molecule has 1 aliphatic heterocycles. The number of hydrogen-bond donors (Lipinski definition) is 0. The lowest BCUT2D eigenvalue weighted by Crippen LogP contribution is -2.41. The average Bonchev–Trinajstić information content (AvgIpc) is 2.79. The topological polar surface area (TPSA) is 96.9 Å². The van der Waals surface area contributed by atoms with E-state index in [0.717, 1.165) is 5.56 Å². The predicted molar refractivity (Wildman–Crippen MR) is 114 cm³/mol. The van der Waals surface area contributed by atoms with Gasteiger partial charge in [0.1, 0.15) is 28.6 Å². The quantitative estimate of drug-likeness (QED) is 0.479. The van der Waals surface area contributed by atoms with Crippen LogP contribution < -0.4 is 10.3 Å². The molecule has 8 nitrogen and oxygen atoms in total. The molecule has 0 radical (unpaired) electrons. The molecular weight excluding hydrogens is 396 g/mol. The Bertz CT molecular complexity index is 1270. The minimum absolute atomic E-state index is 0.0309. The molecule has 1 amide bonds. The number of pyridine rings is 1. The number of rotatable bonds is 4. The van der Waals surface area contributed by atoms with Gasteiger partial charge in [-0.2, -0.15) is 10.2 Å². The van der Waals surface area contributed by atoms with E-state index in [0.29, 0.717) is 37.7 Å². The van der Waals surface area contributed by atoms with Gasteiger partial charge in [-0.05, 0) is 42.8 Å².